The Labute approximate surface area is 267 Å². The van der Waals surface area contributed by atoms with Crippen molar-refractivity contribution < 1.29 is 9.47 Å². The molecule has 7 nitrogen and oxygen atoms in total. The Kier molecular flexibility index (Phi) is 6.89. The lowest BCUT2D eigenvalue weighted by atomic mass is 10.1. The van der Waals surface area contributed by atoms with Crippen molar-refractivity contribution >= 4 is 23.9 Å². The van der Waals surface area contributed by atoms with Crippen LogP contribution in [0.2, 0.25) is 6.55 Å². The van der Waals surface area contributed by atoms with Gasteiger partial charge in [0.2, 0.25) is 0 Å². The van der Waals surface area contributed by atoms with E-state index < -0.39 is 8.07 Å². The van der Waals surface area contributed by atoms with Crippen molar-refractivity contribution in [2.75, 3.05) is 0 Å². The topological polar surface area (TPSA) is 82.9 Å². The van der Waals surface area contributed by atoms with E-state index in [1.54, 1.807) is 24.8 Å². The summed E-state index contributed by atoms with van der Waals surface area (Å²) >= 11 is 0. The number of aromatic nitrogens is 5. The predicted molar refractivity (Wildman–Crippen MR) is 182 cm³/mol. The predicted octanol–water partition coefficient (Wildman–Crippen LogP) is 6.66. The normalized spacial score (nSPS) is 12.6. The lowest BCUT2D eigenvalue weighted by molar-refractivity contribution is 0.483. The molecule has 0 radical (unpaired) electrons. The number of hydrogen-bond donors (Lipinski definition) is 0. The quantitative estimate of drug-likeness (QED) is 0.186. The molecule has 0 aliphatic carbocycles. The van der Waals surface area contributed by atoms with Crippen LogP contribution in [0, 0.1) is 0 Å². The Hall–Kier alpha value is -5.99. The molecule has 0 N–H and O–H groups in total. The molecule has 0 bridgehead atoms. The molecule has 1 aliphatic rings. The standard InChI is InChI=1S/C38H27N5O2Si/c1-46(38-41-20-21-42-43-38)36-24-30(44-28-10-6-8-26(22-28)34-12-2-4-18-39-34)14-16-32(36)33-17-15-31(25-37(33)46)45-29-11-7-9-27(23-29)35-13-3-5-19-40-35/h2-25H,1H3. The molecular weight excluding hydrogens is 587 g/mol. The molecule has 0 amide bonds. The molecular formula is C38H27N5O2Si. The Morgan fingerprint density at radius 3 is 1.50 bits per heavy atom. The Balaban J connectivity index is 1.16. The van der Waals surface area contributed by atoms with Crippen molar-refractivity contribution in [3.63, 3.8) is 0 Å². The van der Waals surface area contributed by atoms with Crippen LogP contribution in [0.25, 0.3) is 33.6 Å². The highest BCUT2D eigenvalue weighted by Crippen LogP contribution is 2.35. The third-order valence-electron chi connectivity index (χ3n) is 8.34. The molecule has 0 saturated heterocycles. The van der Waals surface area contributed by atoms with Gasteiger partial charge < -0.3 is 9.47 Å². The van der Waals surface area contributed by atoms with Crippen LogP contribution in [-0.2, 0) is 0 Å². The molecule has 4 aromatic carbocycles. The number of pyridine rings is 2. The van der Waals surface area contributed by atoms with E-state index in [2.05, 4.69) is 51.0 Å². The first-order valence-corrected chi connectivity index (χ1v) is 17.5. The largest absolute Gasteiger partial charge is 0.457 e. The minimum absolute atomic E-state index is 0.735. The second-order valence-electron chi connectivity index (χ2n) is 11.2. The molecule has 3 aromatic heterocycles. The van der Waals surface area contributed by atoms with Crippen LogP contribution < -0.4 is 25.3 Å². The van der Waals surface area contributed by atoms with Gasteiger partial charge in [0, 0.05) is 29.7 Å². The lowest BCUT2D eigenvalue weighted by Crippen LogP contribution is -2.64. The number of hydrogen-bond acceptors (Lipinski definition) is 7. The summed E-state index contributed by atoms with van der Waals surface area (Å²) in [6.07, 6.45) is 6.91. The summed E-state index contributed by atoms with van der Waals surface area (Å²) in [4.78, 5) is 13.7. The molecule has 0 saturated carbocycles. The van der Waals surface area contributed by atoms with Gasteiger partial charge in [0.05, 0.1) is 17.6 Å². The molecule has 0 spiro atoms. The van der Waals surface area contributed by atoms with Crippen molar-refractivity contribution in [2.45, 2.75) is 6.55 Å². The van der Waals surface area contributed by atoms with E-state index >= 15 is 0 Å². The zero-order chi connectivity index (χ0) is 30.9. The van der Waals surface area contributed by atoms with Crippen LogP contribution in [0.1, 0.15) is 0 Å². The van der Waals surface area contributed by atoms with Crippen molar-refractivity contribution in [1.82, 2.24) is 25.1 Å². The van der Waals surface area contributed by atoms with Gasteiger partial charge in [-0.25, -0.2) is 4.98 Å². The number of nitrogens with zero attached hydrogens (tertiary/aromatic N) is 5. The van der Waals surface area contributed by atoms with Crippen LogP contribution in [-0.4, -0.2) is 33.2 Å². The maximum atomic E-state index is 6.45. The van der Waals surface area contributed by atoms with E-state index in [9.17, 15) is 0 Å². The molecule has 220 valence electrons. The van der Waals surface area contributed by atoms with Gasteiger partial charge in [-0.05, 0) is 94.3 Å². The highest BCUT2D eigenvalue weighted by Gasteiger charge is 2.46. The molecule has 0 fully saturated rings. The van der Waals surface area contributed by atoms with E-state index in [1.807, 2.05) is 97.1 Å². The Morgan fingerprint density at radius 1 is 0.478 bits per heavy atom. The van der Waals surface area contributed by atoms with Gasteiger partial charge >= 0.3 is 0 Å². The number of fused-ring (bicyclic) bond motifs is 3. The summed E-state index contributed by atoms with van der Waals surface area (Å²) in [5.41, 5.74) is 6.81. The third-order valence-corrected chi connectivity index (χ3v) is 12.4. The first-order chi connectivity index (χ1) is 22.6. The number of rotatable bonds is 7. The van der Waals surface area contributed by atoms with E-state index in [4.69, 9.17) is 14.5 Å². The molecule has 0 unspecified atom stereocenters. The Bertz CT molecular complexity index is 2050. The van der Waals surface area contributed by atoms with E-state index in [0.29, 0.717) is 0 Å². The van der Waals surface area contributed by atoms with Crippen molar-refractivity contribution in [1.29, 1.82) is 0 Å². The van der Waals surface area contributed by atoms with Crippen LogP contribution >= 0.6 is 0 Å². The fourth-order valence-electron chi connectivity index (χ4n) is 6.11. The fraction of sp³-hybridized carbons (Fsp3) is 0.0263. The number of ether oxygens (including phenoxy) is 2. The van der Waals surface area contributed by atoms with E-state index in [-0.39, 0.29) is 0 Å². The fourth-order valence-corrected chi connectivity index (χ4v) is 9.85. The molecule has 1 aliphatic heterocycles. The molecule has 4 heterocycles. The maximum absolute atomic E-state index is 6.45. The zero-order valence-corrected chi connectivity index (χ0v) is 25.9. The van der Waals surface area contributed by atoms with Gasteiger partial charge in [-0.3, -0.25) is 9.97 Å². The average Bonchev–Trinajstić information content (AvgIpc) is 3.37. The number of benzene rings is 4. The smallest absolute Gasteiger partial charge is 0.196 e. The molecule has 8 rings (SSSR count). The summed E-state index contributed by atoms with van der Waals surface area (Å²) in [7, 11) is -2.69. The summed E-state index contributed by atoms with van der Waals surface area (Å²) in [6.45, 7) is 2.27. The Morgan fingerprint density at radius 2 is 1.02 bits per heavy atom. The van der Waals surface area contributed by atoms with Gasteiger partial charge in [0.15, 0.2) is 8.07 Å². The second kappa shape index (κ2) is 11.5. The summed E-state index contributed by atoms with van der Waals surface area (Å²) in [5.74, 6) is 2.97. The first kappa shape index (κ1) is 27.5. The minimum atomic E-state index is -2.69. The summed E-state index contributed by atoms with van der Waals surface area (Å²) in [6, 6.07) is 40.4. The molecule has 0 atom stereocenters. The second-order valence-corrected chi connectivity index (χ2v) is 15.0. The van der Waals surface area contributed by atoms with E-state index in [0.717, 1.165) is 62.1 Å². The average molecular weight is 614 g/mol. The van der Waals surface area contributed by atoms with Crippen LogP contribution in [0.15, 0.2) is 146 Å². The van der Waals surface area contributed by atoms with Crippen molar-refractivity contribution in [3.8, 4) is 56.6 Å². The van der Waals surface area contributed by atoms with Gasteiger partial charge in [0.25, 0.3) is 0 Å². The van der Waals surface area contributed by atoms with Crippen LogP contribution in [0.3, 0.4) is 0 Å². The molecule has 7 aromatic rings. The van der Waals surface area contributed by atoms with Crippen LogP contribution in [0.4, 0.5) is 0 Å². The van der Waals surface area contributed by atoms with Gasteiger partial charge in [-0.15, -0.1) is 5.10 Å². The minimum Gasteiger partial charge on any atom is -0.457 e. The monoisotopic (exact) mass is 613 g/mol. The highest BCUT2D eigenvalue weighted by molar-refractivity contribution is 7.12. The third kappa shape index (κ3) is 5.00. The zero-order valence-electron chi connectivity index (χ0n) is 24.9. The van der Waals surface area contributed by atoms with Gasteiger partial charge in [0.1, 0.15) is 28.4 Å². The summed E-state index contributed by atoms with van der Waals surface area (Å²) < 4.78 is 12.9. The van der Waals surface area contributed by atoms with E-state index in [1.165, 1.54) is 10.4 Å². The SMILES string of the molecule is C[Si]1(c2nccnn2)c2cc(Oc3cccc(-c4ccccn4)c3)ccc2-c2ccc(Oc3cccc(-c4ccccn4)c3)cc21. The van der Waals surface area contributed by atoms with Crippen LogP contribution in [0.5, 0.6) is 23.0 Å². The lowest BCUT2D eigenvalue weighted by Gasteiger charge is -2.23. The maximum Gasteiger partial charge on any atom is 0.196 e. The molecule has 8 heteroatoms. The molecule has 46 heavy (non-hydrogen) atoms. The first-order valence-electron chi connectivity index (χ1n) is 15.0. The van der Waals surface area contributed by atoms with Gasteiger partial charge in [-0.2, -0.15) is 5.10 Å². The van der Waals surface area contributed by atoms with Gasteiger partial charge in [-0.1, -0.05) is 55.1 Å². The summed E-state index contributed by atoms with van der Waals surface area (Å²) in [5, 5.41) is 11.1. The highest BCUT2D eigenvalue weighted by atomic mass is 28.3. The van der Waals surface area contributed by atoms with Crippen molar-refractivity contribution in [3.05, 3.63) is 146 Å². The van der Waals surface area contributed by atoms with Crippen molar-refractivity contribution in [2.24, 2.45) is 0 Å².